The Hall–Kier alpha value is -2.19. The summed E-state index contributed by atoms with van der Waals surface area (Å²) in [6.45, 7) is 1.80. The normalized spacial score (nSPS) is 13.1. The summed E-state index contributed by atoms with van der Waals surface area (Å²) in [5, 5.41) is 4.82. The van der Waals surface area contributed by atoms with Gasteiger partial charge >= 0.3 is 5.69 Å². The van der Waals surface area contributed by atoms with Crippen LogP contribution < -0.4 is 17.0 Å². The smallest absolute Gasteiger partial charge is 0.349 e. The number of aromatic amines is 1. The third-order valence-electron chi connectivity index (χ3n) is 4.40. The number of nitrogens with one attached hydrogen (secondary N) is 1. The number of aromatic nitrogens is 3. The number of H-pyrrole nitrogens is 1. The van der Waals surface area contributed by atoms with Gasteiger partial charge in [0.15, 0.2) is 0 Å². The number of thiocarbonyl (C=S) groups is 1. The van der Waals surface area contributed by atoms with E-state index >= 15 is 0 Å². The highest BCUT2D eigenvalue weighted by Gasteiger charge is 2.36. The molecule has 0 saturated heterocycles. The Morgan fingerprint density at radius 3 is 2.21 bits per heavy atom. The Kier molecular flexibility index (Phi) is 5.63. The largest absolute Gasteiger partial charge is 0.392 e. The predicted molar refractivity (Wildman–Crippen MR) is 115 cm³/mol. The zero-order valence-corrected chi connectivity index (χ0v) is 17.5. The Morgan fingerprint density at radius 2 is 1.71 bits per heavy atom. The van der Waals surface area contributed by atoms with Crippen molar-refractivity contribution in [3.8, 4) is 5.69 Å². The predicted octanol–water partition coefficient (Wildman–Crippen LogP) is 3.47. The third-order valence-corrected chi connectivity index (χ3v) is 5.66. The zero-order valence-electron chi connectivity index (χ0n) is 14.4. The molecule has 1 heterocycles. The monoisotopic (exact) mass is 454 g/mol. The van der Waals surface area contributed by atoms with Gasteiger partial charge in [-0.05, 0) is 36.8 Å². The van der Waals surface area contributed by atoms with Crippen LogP contribution in [0, 0.1) is 0 Å². The van der Waals surface area contributed by atoms with E-state index in [0.29, 0.717) is 10.6 Å². The van der Waals surface area contributed by atoms with Crippen LogP contribution in [0.4, 0.5) is 0 Å². The van der Waals surface area contributed by atoms with Gasteiger partial charge in [-0.25, -0.2) is 4.79 Å². The van der Waals surface area contributed by atoms with Gasteiger partial charge in [0, 0.05) is 20.6 Å². The minimum absolute atomic E-state index is 0.158. The molecule has 3 N–H and O–H groups in total. The van der Waals surface area contributed by atoms with E-state index in [-0.39, 0.29) is 20.7 Å². The second kappa shape index (κ2) is 7.67. The first-order valence-corrected chi connectivity index (χ1v) is 9.43. The molecule has 1 atom stereocenters. The summed E-state index contributed by atoms with van der Waals surface area (Å²) in [7, 11) is 0. The van der Waals surface area contributed by atoms with Gasteiger partial charge in [-0.2, -0.15) is 9.78 Å². The summed E-state index contributed by atoms with van der Waals surface area (Å²) in [5.74, 6) is 0. The van der Waals surface area contributed by atoms with Crippen LogP contribution in [0.5, 0.6) is 0 Å². The van der Waals surface area contributed by atoms with Crippen molar-refractivity contribution in [2.75, 3.05) is 0 Å². The number of halogens is 3. The molecule has 0 fully saturated rings. The average molecular weight is 456 g/mol. The standard InChI is InChI=1S/C18H13Cl3N4O2S/c1-18(16(22)28,9-2-4-10(19)5-3-9)15-12(20)6-11(7-13(15)21)25-17(27)24-14(26)8-23-25/h2-8H,1H3,(H2,22,28)(H,24,26,27). The molecule has 0 radical (unpaired) electrons. The first-order valence-electron chi connectivity index (χ1n) is 7.89. The third kappa shape index (κ3) is 3.58. The lowest BCUT2D eigenvalue weighted by atomic mass is 9.76. The molecule has 0 aliphatic heterocycles. The molecular weight excluding hydrogens is 443 g/mol. The van der Waals surface area contributed by atoms with Crippen molar-refractivity contribution in [3.63, 3.8) is 0 Å². The van der Waals surface area contributed by atoms with Crippen molar-refractivity contribution >= 4 is 52.0 Å². The van der Waals surface area contributed by atoms with Gasteiger partial charge in [0.2, 0.25) is 0 Å². The molecule has 28 heavy (non-hydrogen) atoms. The summed E-state index contributed by atoms with van der Waals surface area (Å²) >= 11 is 24.4. The fourth-order valence-corrected chi connectivity index (χ4v) is 4.09. The maximum absolute atomic E-state index is 12.0. The minimum Gasteiger partial charge on any atom is -0.392 e. The van der Waals surface area contributed by atoms with E-state index in [4.69, 9.17) is 52.8 Å². The molecule has 1 unspecified atom stereocenters. The Bertz CT molecular complexity index is 1170. The van der Waals surface area contributed by atoms with E-state index in [9.17, 15) is 9.59 Å². The fourth-order valence-electron chi connectivity index (χ4n) is 2.89. The van der Waals surface area contributed by atoms with Crippen molar-refractivity contribution in [3.05, 3.63) is 89.6 Å². The lowest BCUT2D eigenvalue weighted by Crippen LogP contribution is -2.39. The van der Waals surface area contributed by atoms with Crippen LogP contribution in [0.3, 0.4) is 0 Å². The Balaban J connectivity index is 2.23. The zero-order chi connectivity index (χ0) is 20.6. The van der Waals surface area contributed by atoms with E-state index < -0.39 is 16.7 Å². The van der Waals surface area contributed by atoms with Gasteiger partial charge in [0.25, 0.3) is 5.56 Å². The molecule has 0 amide bonds. The number of hydrogen-bond acceptors (Lipinski definition) is 4. The SMILES string of the molecule is CC(C(N)=S)(c1ccc(Cl)cc1)c1c(Cl)cc(-n2ncc(=O)[nH]c2=O)cc1Cl. The van der Waals surface area contributed by atoms with Crippen LogP contribution in [0.25, 0.3) is 5.69 Å². The number of nitrogens with two attached hydrogens (primary N) is 1. The number of rotatable bonds is 4. The summed E-state index contributed by atoms with van der Waals surface area (Å²) in [4.78, 5) is 25.5. The van der Waals surface area contributed by atoms with Gasteiger partial charge in [0.05, 0.1) is 16.1 Å². The Morgan fingerprint density at radius 1 is 1.14 bits per heavy atom. The highest BCUT2D eigenvalue weighted by atomic mass is 35.5. The van der Waals surface area contributed by atoms with Crippen molar-refractivity contribution in [2.45, 2.75) is 12.3 Å². The van der Waals surface area contributed by atoms with E-state index in [1.165, 1.54) is 12.1 Å². The first-order chi connectivity index (χ1) is 13.1. The molecule has 144 valence electrons. The van der Waals surface area contributed by atoms with E-state index in [0.717, 1.165) is 16.4 Å². The molecule has 3 aromatic rings. The van der Waals surface area contributed by atoms with Gasteiger partial charge in [-0.15, -0.1) is 0 Å². The van der Waals surface area contributed by atoms with Gasteiger partial charge in [0.1, 0.15) is 6.20 Å². The molecule has 6 nitrogen and oxygen atoms in total. The van der Waals surface area contributed by atoms with Crippen LogP contribution in [-0.2, 0) is 5.41 Å². The maximum Gasteiger partial charge on any atom is 0.349 e. The maximum atomic E-state index is 12.0. The molecule has 0 spiro atoms. The molecule has 1 aromatic heterocycles. The molecular formula is C18H13Cl3N4O2S. The lowest BCUT2D eigenvalue weighted by molar-refractivity contribution is 0.744. The lowest BCUT2D eigenvalue weighted by Gasteiger charge is -2.32. The van der Waals surface area contributed by atoms with E-state index in [1.807, 2.05) is 0 Å². The molecule has 3 rings (SSSR count). The van der Waals surface area contributed by atoms with Crippen molar-refractivity contribution < 1.29 is 0 Å². The number of nitrogens with zero attached hydrogens (tertiary/aromatic N) is 2. The highest BCUT2D eigenvalue weighted by molar-refractivity contribution is 7.80. The quantitative estimate of drug-likeness (QED) is 0.588. The molecule has 2 aromatic carbocycles. The van der Waals surface area contributed by atoms with E-state index in [2.05, 4.69) is 10.1 Å². The van der Waals surface area contributed by atoms with E-state index in [1.54, 1.807) is 31.2 Å². The number of hydrogen-bond donors (Lipinski definition) is 2. The van der Waals surface area contributed by atoms with Crippen LogP contribution in [-0.4, -0.2) is 19.8 Å². The summed E-state index contributed by atoms with van der Waals surface area (Å²) in [6, 6.07) is 10.0. The topological polar surface area (TPSA) is 93.8 Å². The summed E-state index contributed by atoms with van der Waals surface area (Å²) < 4.78 is 0.976. The Labute approximate surface area is 179 Å². The van der Waals surface area contributed by atoms with Crippen molar-refractivity contribution in [1.82, 2.24) is 14.8 Å². The summed E-state index contributed by atoms with van der Waals surface area (Å²) in [5.41, 5.74) is 5.26. The van der Waals surface area contributed by atoms with Crippen LogP contribution in [0.15, 0.2) is 52.2 Å². The average Bonchev–Trinajstić information content (AvgIpc) is 2.61. The van der Waals surface area contributed by atoms with Crippen molar-refractivity contribution in [1.29, 1.82) is 0 Å². The van der Waals surface area contributed by atoms with Crippen LogP contribution >= 0.6 is 47.0 Å². The van der Waals surface area contributed by atoms with Crippen LogP contribution in [0.2, 0.25) is 15.1 Å². The van der Waals surface area contributed by atoms with Gasteiger partial charge in [-0.1, -0.05) is 59.2 Å². The van der Waals surface area contributed by atoms with Crippen LogP contribution in [0.1, 0.15) is 18.1 Å². The second-order valence-corrected chi connectivity index (χ2v) is 7.82. The highest BCUT2D eigenvalue weighted by Crippen LogP contribution is 2.42. The molecule has 0 bridgehead atoms. The molecule has 0 saturated carbocycles. The van der Waals surface area contributed by atoms with Gasteiger partial charge < -0.3 is 5.73 Å². The number of benzene rings is 2. The molecule has 0 aliphatic rings. The summed E-state index contributed by atoms with van der Waals surface area (Å²) in [6.07, 6.45) is 0.976. The fraction of sp³-hybridized carbons (Fsp3) is 0.111. The second-order valence-electron chi connectivity index (χ2n) is 6.13. The minimum atomic E-state index is -0.990. The van der Waals surface area contributed by atoms with Crippen molar-refractivity contribution in [2.24, 2.45) is 5.73 Å². The van der Waals surface area contributed by atoms with Gasteiger partial charge in [-0.3, -0.25) is 9.78 Å². The molecule has 0 aliphatic carbocycles. The molecule has 10 heteroatoms. The first kappa shape index (κ1) is 20.5.